The quantitative estimate of drug-likeness (QED) is 0.686. The number of fused-ring (bicyclic) bond motifs is 1. The Hall–Kier alpha value is -2.58. The number of aryl methyl sites for hydroxylation is 1. The molecular formula is C19H21N5O2S. The highest BCUT2D eigenvalue weighted by Crippen LogP contribution is 2.28. The molecule has 8 heteroatoms. The van der Waals surface area contributed by atoms with Crippen LogP contribution < -0.4 is 0 Å². The fraction of sp³-hybridized carbons (Fsp3) is 0.316. The predicted octanol–water partition coefficient (Wildman–Crippen LogP) is 1.79. The van der Waals surface area contributed by atoms with Gasteiger partial charge in [0.1, 0.15) is 11.5 Å². The third-order valence-corrected chi connectivity index (χ3v) is 5.96. The van der Waals surface area contributed by atoms with Crippen molar-refractivity contribution in [1.29, 1.82) is 0 Å². The molecule has 0 aliphatic carbocycles. The van der Waals surface area contributed by atoms with E-state index in [2.05, 4.69) is 5.10 Å². The molecule has 0 radical (unpaired) electrons. The van der Waals surface area contributed by atoms with Crippen LogP contribution in [0.3, 0.4) is 0 Å². The summed E-state index contributed by atoms with van der Waals surface area (Å²) in [6, 6.07) is 11.9. The van der Waals surface area contributed by atoms with Crippen LogP contribution in [0, 0.1) is 0 Å². The Labute approximate surface area is 158 Å². The Morgan fingerprint density at radius 2 is 1.89 bits per heavy atom. The van der Waals surface area contributed by atoms with Crippen molar-refractivity contribution in [3.8, 4) is 11.4 Å². The second-order valence-corrected chi connectivity index (χ2v) is 8.78. The highest BCUT2D eigenvalue weighted by Gasteiger charge is 2.28. The minimum atomic E-state index is -3.26. The van der Waals surface area contributed by atoms with Crippen molar-refractivity contribution >= 4 is 10.0 Å². The van der Waals surface area contributed by atoms with E-state index in [1.807, 2.05) is 49.6 Å². The summed E-state index contributed by atoms with van der Waals surface area (Å²) in [5, 5.41) is 4.50. The van der Waals surface area contributed by atoms with Crippen LogP contribution in [0.4, 0.5) is 0 Å². The average Bonchev–Trinajstić information content (AvgIpc) is 3.07. The van der Waals surface area contributed by atoms with Gasteiger partial charge in [-0.05, 0) is 18.1 Å². The lowest BCUT2D eigenvalue weighted by molar-refractivity contribution is 0.387. The summed E-state index contributed by atoms with van der Waals surface area (Å²) in [5.41, 5.74) is 4.47. The van der Waals surface area contributed by atoms with Crippen molar-refractivity contribution in [3.05, 3.63) is 65.2 Å². The Bertz CT molecular complexity index is 1080. The minimum Gasteiger partial charge on any atom is -0.275 e. The van der Waals surface area contributed by atoms with Gasteiger partial charge < -0.3 is 0 Å². The lowest BCUT2D eigenvalue weighted by atomic mass is 10.0. The Kier molecular flexibility index (Phi) is 4.53. The van der Waals surface area contributed by atoms with Crippen molar-refractivity contribution in [2.75, 3.05) is 12.8 Å². The third kappa shape index (κ3) is 3.77. The first kappa shape index (κ1) is 17.8. The lowest BCUT2D eigenvalue weighted by Crippen LogP contribution is -2.36. The zero-order valence-corrected chi connectivity index (χ0v) is 16.1. The van der Waals surface area contributed by atoms with Gasteiger partial charge in [0.05, 0.1) is 24.2 Å². The number of hydrogen-bond donors (Lipinski definition) is 0. The predicted molar refractivity (Wildman–Crippen MR) is 102 cm³/mol. The van der Waals surface area contributed by atoms with Crippen LogP contribution in [0.1, 0.15) is 22.6 Å². The topological polar surface area (TPSA) is 81.0 Å². The van der Waals surface area contributed by atoms with E-state index in [0.717, 1.165) is 28.2 Å². The molecule has 0 N–H and O–H groups in total. The van der Waals surface area contributed by atoms with Crippen molar-refractivity contribution in [2.24, 2.45) is 7.05 Å². The third-order valence-electron chi connectivity index (χ3n) is 4.71. The molecule has 2 aromatic heterocycles. The number of nitrogens with zero attached hydrogens (tertiary/aromatic N) is 5. The van der Waals surface area contributed by atoms with Gasteiger partial charge in [0, 0.05) is 31.8 Å². The van der Waals surface area contributed by atoms with Crippen molar-refractivity contribution in [3.63, 3.8) is 0 Å². The largest absolute Gasteiger partial charge is 0.275 e. The van der Waals surface area contributed by atoms with E-state index in [-0.39, 0.29) is 6.54 Å². The second-order valence-electron chi connectivity index (χ2n) is 6.80. The van der Waals surface area contributed by atoms with Gasteiger partial charge in [0.25, 0.3) is 0 Å². The minimum absolute atomic E-state index is 0.276. The molecule has 4 rings (SSSR count). The first-order chi connectivity index (χ1) is 12.9. The normalized spacial score (nSPS) is 14.9. The summed E-state index contributed by atoms with van der Waals surface area (Å²) >= 11 is 0. The standard InChI is InChI=1S/C19H21N5O2S/c1-23-10-9-16(22-23)19-15-8-11-24(27(2,25)26)13-17(15)20-18(21-19)12-14-6-4-3-5-7-14/h3-7,9-10H,8,11-13H2,1-2H3. The van der Waals surface area contributed by atoms with E-state index in [1.165, 1.54) is 10.6 Å². The molecule has 0 fully saturated rings. The highest BCUT2D eigenvalue weighted by atomic mass is 32.2. The van der Waals surface area contributed by atoms with Crippen LogP contribution in [0.25, 0.3) is 11.4 Å². The molecule has 140 valence electrons. The molecule has 0 saturated carbocycles. The SMILES string of the molecule is Cn1ccc(-c2nc(Cc3ccccc3)nc3c2CCN(S(C)(=O)=O)C3)n1. The molecule has 3 heterocycles. The fourth-order valence-corrected chi connectivity index (χ4v) is 4.13. The van der Waals surface area contributed by atoms with Gasteiger partial charge in [-0.15, -0.1) is 0 Å². The number of sulfonamides is 1. The summed E-state index contributed by atoms with van der Waals surface area (Å²) in [7, 11) is -1.39. The van der Waals surface area contributed by atoms with Crippen LogP contribution in [-0.2, 0) is 36.5 Å². The summed E-state index contributed by atoms with van der Waals surface area (Å²) in [5.74, 6) is 0.677. The summed E-state index contributed by atoms with van der Waals surface area (Å²) in [4.78, 5) is 9.51. The molecule has 0 atom stereocenters. The molecule has 0 saturated heterocycles. The van der Waals surface area contributed by atoms with E-state index >= 15 is 0 Å². The van der Waals surface area contributed by atoms with E-state index in [0.29, 0.717) is 25.2 Å². The van der Waals surface area contributed by atoms with Gasteiger partial charge >= 0.3 is 0 Å². The maximum Gasteiger partial charge on any atom is 0.211 e. The van der Waals surface area contributed by atoms with Crippen molar-refractivity contribution in [2.45, 2.75) is 19.4 Å². The van der Waals surface area contributed by atoms with Gasteiger partial charge in [-0.3, -0.25) is 4.68 Å². The van der Waals surface area contributed by atoms with Crippen LogP contribution in [0.5, 0.6) is 0 Å². The number of aromatic nitrogens is 4. The fourth-order valence-electron chi connectivity index (χ4n) is 3.35. The van der Waals surface area contributed by atoms with E-state index in [1.54, 1.807) is 4.68 Å². The molecule has 0 bridgehead atoms. The molecule has 0 amide bonds. The average molecular weight is 383 g/mol. The van der Waals surface area contributed by atoms with Crippen molar-refractivity contribution < 1.29 is 8.42 Å². The van der Waals surface area contributed by atoms with E-state index < -0.39 is 10.0 Å². The van der Waals surface area contributed by atoms with Gasteiger partial charge in [-0.1, -0.05) is 30.3 Å². The summed E-state index contributed by atoms with van der Waals surface area (Å²) in [6.07, 6.45) is 4.29. The number of hydrogen-bond acceptors (Lipinski definition) is 5. The van der Waals surface area contributed by atoms with E-state index in [9.17, 15) is 8.42 Å². The smallest absolute Gasteiger partial charge is 0.211 e. The van der Waals surface area contributed by atoms with Gasteiger partial charge in [0.15, 0.2) is 0 Å². The maximum absolute atomic E-state index is 12.0. The highest BCUT2D eigenvalue weighted by molar-refractivity contribution is 7.88. The first-order valence-electron chi connectivity index (χ1n) is 8.78. The Balaban J connectivity index is 1.80. The Morgan fingerprint density at radius 1 is 1.11 bits per heavy atom. The molecule has 1 aliphatic rings. The number of rotatable bonds is 4. The molecule has 1 aromatic carbocycles. The Morgan fingerprint density at radius 3 is 2.56 bits per heavy atom. The molecule has 0 spiro atoms. The summed E-state index contributed by atoms with van der Waals surface area (Å²) in [6.45, 7) is 0.714. The number of benzene rings is 1. The lowest BCUT2D eigenvalue weighted by Gasteiger charge is -2.27. The molecule has 1 aliphatic heterocycles. The van der Waals surface area contributed by atoms with E-state index in [4.69, 9.17) is 9.97 Å². The second kappa shape index (κ2) is 6.86. The molecule has 3 aromatic rings. The molecule has 27 heavy (non-hydrogen) atoms. The van der Waals surface area contributed by atoms with Crippen molar-refractivity contribution in [1.82, 2.24) is 24.1 Å². The van der Waals surface area contributed by atoms with Crippen LogP contribution >= 0.6 is 0 Å². The zero-order chi connectivity index (χ0) is 19.0. The summed E-state index contributed by atoms with van der Waals surface area (Å²) < 4.78 is 27.2. The van der Waals surface area contributed by atoms with Gasteiger partial charge in [-0.25, -0.2) is 18.4 Å². The zero-order valence-electron chi connectivity index (χ0n) is 15.3. The maximum atomic E-state index is 12.0. The van der Waals surface area contributed by atoms with Crippen LogP contribution in [-0.4, -0.2) is 45.3 Å². The first-order valence-corrected chi connectivity index (χ1v) is 10.6. The van der Waals surface area contributed by atoms with Crippen LogP contribution in [0.15, 0.2) is 42.6 Å². The monoisotopic (exact) mass is 383 g/mol. The molecule has 0 unspecified atom stereocenters. The van der Waals surface area contributed by atoms with Gasteiger partial charge in [-0.2, -0.15) is 9.40 Å². The van der Waals surface area contributed by atoms with Gasteiger partial charge in [0.2, 0.25) is 10.0 Å². The molecular weight excluding hydrogens is 362 g/mol. The molecule has 7 nitrogen and oxygen atoms in total. The van der Waals surface area contributed by atoms with Crippen LogP contribution in [0.2, 0.25) is 0 Å².